The Morgan fingerprint density at radius 3 is 2.60 bits per heavy atom. The van der Waals surface area contributed by atoms with E-state index in [0.717, 1.165) is 17.7 Å². The number of nitrogens with one attached hydrogen (secondary N) is 1. The van der Waals surface area contributed by atoms with Crippen molar-refractivity contribution in [3.05, 3.63) is 82.9 Å². The lowest BCUT2D eigenvalue weighted by molar-refractivity contribution is -0.138. The second-order valence-corrected chi connectivity index (χ2v) is 8.03. The van der Waals surface area contributed by atoms with Gasteiger partial charge in [0.2, 0.25) is 0 Å². The predicted octanol–water partition coefficient (Wildman–Crippen LogP) is 4.54. The summed E-state index contributed by atoms with van der Waals surface area (Å²) in [6.07, 6.45) is -0.728. The Morgan fingerprint density at radius 2 is 1.89 bits per heavy atom. The summed E-state index contributed by atoms with van der Waals surface area (Å²) in [7, 11) is 3.10. The molecule has 3 aromatic rings. The van der Waals surface area contributed by atoms with Crippen LogP contribution in [0.3, 0.4) is 0 Å². The molecular formula is C26H24F2N2O5. The minimum atomic E-state index is -0.959. The average Bonchev–Trinajstić information content (AvgIpc) is 2.95. The molecule has 0 unspecified atom stereocenters. The average molecular weight is 482 g/mol. The SMILES string of the molecule is COc1ccc(CN2Cc3cc(NC(=O)c4ccc(F)cc4F)ccc3O[C@H](C)C2=O)c(OC)c1. The molecule has 2 amide bonds. The van der Waals surface area contributed by atoms with Gasteiger partial charge in [-0.2, -0.15) is 0 Å². The highest BCUT2D eigenvalue weighted by Crippen LogP contribution is 2.32. The molecule has 1 atom stereocenters. The number of hydrogen-bond acceptors (Lipinski definition) is 5. The summed E-state index contributed by atoms with van der Waals surface area (Å²) >= 11 is 0. The summed E-state index contributed by atoms with van der Waals surface area (Å²) < 4.78 is 43.7. The van der Waals surface area contributed by atoms with Crippen molar-refractivity contribution in [3.8, 4) is 17.2 Å². The summed E-state index contributed by atoms with van der Waals surface area (Å²) in [6.45, 7) is 2.14. The van der Waals surface area contributed by atoms with Crippen LogP contribution in [0.15, 0.2) is 54.6 Å². The lowest BCUT2D eigenvalue weighted by atomic mass is 10.1. The van der Waals surface area contributed by atoms with Gasteiger partial charge in [0.1, 0.15) is 28.9 Å². The molecule has 0 aliphatic carbocycles. The standard InChI is InChI=1S/C26H24F2N2O5/c1-15-26(32)30(13-16-4-7-20(33-2)12-24(16)34-3)14-17-10-19(6-9-23(17)35-15)29-25(31)21-8-5-18(27)11-22(21)28/h4-12,15H,13-14H2,1-3H3,(H,29,31)/t15-/m1/s1. The van der Waals surface area contributed by atoms with Crippen LogP contribution in [0.4, 0.5) is 14.5 Å². The number of rotatable bonds is 6. The van der Waals surface area contributed by atoms with E-state index in [9.17, 15) is 18.4 Å². The van der Waals surface area contributed by atoms with Crippen molar-refractivity contribution in [1.82, 2.24) is 4.90 Å². The zero-order valence-electron chi connectivity index (χ0n) is 19.4. The summed E-state index contributed by atoms with van der Waals surface area (Å²) in [5, 5.41) is 2.61. The van der Waals surface area contributed by atoms with Crippen LogP contribution < -0.4 is 19.5 Å². The van der Waals surface area contributed by atoms with E-state index in [1.165, 1.54) is 0 Å². The first-order valence-electron chi connectivity index (χ1n) is 10.8. The zero-order chi connectivity index (χ0) is 25.1. The maximum absolute atomic E-state index is 14.0. The molecule has 0 spiro atoms. The Balaban J connectivity index is 1.59. The Hall–Kier alpha value is -4.14. The number of methoxy groups -OCH3 is 2. The van der Waals surface area contributed by atoms with E-state index in [-0.39, 0.29) is 24.6 Å². The van der Waals surface area contributed by atoms with Crippen molar-refractivity contribution >= 4 is 17.5 Å². The summed E-state index contributed by atoms with van der Waals surface area (Å²) in [6, 6.07) is 13.0. The van der Waals surface area contributed by atoms with E-state index >= 15 is 0 Å². The highest BCUT2D eigenvalue weighted by molar-refractivity contribution is 6.04. The lowest BCUT2D eigenvalue weighted by Gasteiger charge is -2.23. The number of fused-ring (bicyclic) bond motifs is 1. The number of ether oxygens (including phenoxy) is 3. The van der Waals surface area contributed by atoms with Crippen molar-refractivity contribution in [2.45, 2.75) is 26.1 Å². The van der Waals surface area contributed by atoms with Gasteiger partial charge in [-0.3, -0.25) is 9.59 Å². The van der Waals surface area contributed by atoms with Crippen LogP contribution in [-0.4, -0.2) is 37.0 Å². The van der Waals surface area contributed by atoms with Crippen LogP contribution in [-0.2, 0) is 17.9 Å². The molecule has 35 heavy (non-hydrogen) atoms. The molecule has 0 aromatic heterocycles. The molecule has 0 saturated carbocycles. The van der Waals surface area contributed by atoms with E-state index in [4.69, 9.17) is 14.2 Å². The van der Waals surface area contributed by atoms with Crippen molar-refractivity contribution < 1.29 is 32.6 Å². The van der Waals surface area contributed by atoms with Gasteiger partial charge in [0.15, 0.2) is 6.10 Å². The molecule has 9 heteroatoms. The smallest absolute Gasteiger partial charge is 0.263 e. The fourth-order valence-electron chi connectivity index (χ4n) is 3.87. The molecule has 1 heterocycles. The minimum absolute atomic E-state index is 0.210. The number of benzene rings is 3. The maximum Gasteiger partial charge on any atom is 0.263 e. The summed E-state index contributed by atoms with van der Waals surface area (Å²) in [5.74, 6) is -0.945. The highest BCUT2D eigenvalue weighted by atomic mass is 19.1. The van der Waals surface area contributed by atoms with E-state index in [0.29, 0.717) is 34.6 Å². The van der Waals surface area contributed by atoms with E-state index in [1.54, 1.807) is 56.4 Å². The van der Waals surface area contributed by atoms with Crippen LogP contribution in [0.5, 0.6) is 17.2 Å². The minimum Gasteiger partial charge on any atom is -0.497 e. The first-order chi connectivity index (χ1) is 16.8. The van der Waals surface area contributed by atoms with Gasteiger partial charge in [-0.15, -0.1) is 0 Å². The normalized spacial score (nSPS) is 15.1. The van der Waals surface area contributed by atoms with Crippen LogP contribution in [0.1, 0.15) is 28.4 Å². The van der Waals surface area contributed by atoms with Gasteiger partial charge in [-0.25, -0.2) is 8.78 Å². The monoisotopic (exact) mass is 482 g/mol. The molecular weight excluding hydrogens is 458 g/mol. The van der Waals surface area contributed by atoms with Crippen LogP contribution in [0.25, 0.3) is 0 Å². The van der Waals surface area contributed by atoms with Gasteiger partial charge >= 0.3 is 0 Å². The van der Waals surface area contributed by atoms with Gasteiger partial charge in [-0.1, -0.05) is 0 Å². The van der Waals surface area contributed by atoms with Gasteiger partial charge in [-0.05, 0) is 49.4 Å². The van der Waals surface area contributed by atoms with E-state index in [2.05, 4.69) is 5.32 Å². The second-order valence-electron chi connectivity index (χ2n) is 8.03. The number of carbonyl (C=O) groups is 2. The fraction of sp³-hybridized carbons (Fsp3) is 0.231. The van der Waals surface area contributed by atoms with Crippen LogP contribution in [0, 0.1) is 11.6 Å². The molecule has 182 valence electrons. The van der Waals surface area contributed by atoms with Gasteiger partial charge in [0, 0.05) is 42.0 Å². The molecule has 1 N–H and O–H groups in total. The van der Waals surface area contributed by atoms with Crippen molar-refractivity contribution in [2.24, 2.45) is 0 Å². The fourth-order valence-corrected chi connectivity index (χ4v) is 3.87. The lowest BCUT2D eigenvalue weighted by Crippen LogP contribution is -2.37. The first-order valence-corrected chi connectivity index (χ1v) is 10.8. The Kier molecular flexibility index (Phi) is 6.86. The maximum atomic E-state index is 14.0. The van der Waals surface area contributed by atoms with Crippen LogP contribution in [0.2, 0.25) is 0 Å². The first kappa shape index (κ1) is 24.0. The zero-order valence-corrected chi connectivity index (χ0v) is 19.4. The third-order valence-electron chi connectivity index (χ3n) is 5.67. The van der Waals surface area contributed by atoms with E-state index in [1.807, 2.05) is 6.07 Å². The molecule has 4 rings (SSSR count). The third-order valence-corrected chi connectivity index (χ3v) is 5.67. The van der Waals surface area contributed by atoms with Crippen LogP contribution >= 0.6 is 0 Å². The number of hydrogen-bond donors (Lipinski definition) is 1. The van der Waals surface area contributed by atoms with Gasteiger partial charge in [0.25, 0.3) is 11.8 Å². The number of amides is 2. The topological polar surface area (TPSA) is 77.1 Å². The largest absolute Gasteiger partial charge is 0.497 e. The summed E-state index contributed by atoms with van der Waals surface area (Å²) in [5.41, 5.74) is 1.54. The molecule has 0 bridgehead atoms. The number of carbonyl (C=O) groups excluding carboxylic acids is 2. The Bertz CT molecular complexity index is 1280. The molecule has 0 fully saturated rings. The molecule has 7 nitrogen and oxygen atoms in total. The Morgan fingerprint density at radius 1 is 1.09 bits per heavy atom. The third kappa shape index (κ3) is 5.18. The molecule has 1 aliphatic heterocycles. The summed E-state index contributed by atoms with van der Waals surface area (Å²) in [4.78, 5) is 27.2. The molecule has 1 aliphatic rings. The van der Waals surface area contributed by atoms with Crippen molar-refractivity contribution in [3.63, 3.8) is 0 Å². The highest BCUT2D eigenvalue weighted by Gasteiger charge is 2.29. The van der Waals surface area contributed by atoms with Gasteiger partial charge < -0.3 is 24.4 Å². The molecule has 0 radical (unpaired) electrons. The number of anilines is 1. The number of halogens is 2. The second kappa shape index (κ2) is 10.0. The predicted molar refractivity (Wildman–Crippen MR) is 125 cm³/mol. The molecule has 3 aromatic carbocycles. The van der Waals surface area contributed by atoms with Crippen molar-refractivity contribution in [2.75, 3.05) is 19.5 Å². The van der Waals surface area contributed by atoms with E-state index < -0.39 is 23.6 Å². The quantitative estimate of drug-likeness (QED) is 0.558. The Labute approximate surface area is 201 Å². The van der Waals surface area contributed by atoms with Gasteiger partial charge in [0.05, 0.1) is 19.8 Å². The molecule has 0 saturated heterocycles. The van der Waals surface area contributed by atoms with Crippen molar-refractivity contribution in [1.29, 1.82) is 0 Å². The number of nitrogens with zero attached hydrogens (tertiary/aromatic N) is 1.